The van der Waals surface area contributed by atoms with Crippen molar-refractivity contribution in [1.29, 1.82) is 5.26 Å². The lowest BCUT2D eigenvalue weighted by molar-refractivity contribution is -0.123. The number of nitrogens with one attached hydrogen (secondary N) is 1. The first-order chi connectivity index (χ1) is 12.5. The molecule has 0 bridgehead atoms. The molecule has 6 heteroatoms. The third-order valence-electron chi connectivity index (χ3n) is 3.88. The summed E-state index contributed by atoms with van der Waals surface area (Å²) in [4.78, 5) is 25.5. The fourth-order valence-electron chi connectivity index (χ4n) is 2.57. The molecule has 2 rings (SSSR count). The molecule has 2 amide bonds. The molecule has 0 aromatic heterocycles. The van der Waals surface area contributed by atoms with Crippen LogP contribution in [0.1, 0.15) is 18.1 Å². The molecule has 0 aliphatic rings. The smallest absolute Gasteiger partial charge is 0.240 e. The maximum absolute atomic E-state index is 12.2. The monoisotopic (exact) mass is 351 g/mol. The normalized spacial score (nSPS) is 9.88. The number of carbonyl (C=O) groups is 2. The molecule has 0 radical (unpaired) electrons. The van der Waals surface area contributed by atoms with Gasteiger partial charge in [0.2, 0.25) is 11.8 Å². The number of hydrogen-bond donors (Lipinski definition) is 1. The third-order valence-corrected chi connectivity index (χ3v) is 3.88. The summed E-state index contributed by atoms with van der Waals surface area (Å²) in [6.07, 6.45) is 0.625. The number of nitrogens with zero attached hydrogens (tertiary/aromatic N) is 2. The highest BCUT2D eigenvalue weighted by molar-refractivity contribution is 5.97. The second-order valence-corrected chi connectivity index (χ2v) is 5.68. The molecule has 0 aliphatic heterocycles. The summed E-state index contributed by atoms with van der Waals surface area (Å²) >= 11 is 0. The molecule has 0 saturated carbocycles. The van der Waals surface area contributed by atoms with E-state index in [4.69, 9.17) is 10.00 Å². The Labute approximate surface area is 153 Å². The summed E-state index contributed by atoms with van der Waals surface area (Å²) in [5.74, 6) is 0.248. The highest BCUT2D eigenvalue weighted by Gasteiger charge is 2.16. The van der Waals surface area contributed by atoms with Gasteiger partial charge < -0.3 is 15.0 Å². The van der Waals surface area contributed by atoms with Gasteiger partial charge >= 0.3 is 0 Å². The van der Waals surface area contributed by atoms with Crippen molar-refractivity contribution in [2.24, 2.45) is 0 Å². The Morgan fingerprint density at radius 2 is 1.96 bits per heavy atom. The van der Waals surface area contributed by atoms with Crippen molar-refractivity contribution in [2.45, 2.75) is 13.3 Å². The zero-order valence-corrected chi connectivity index (χ0v) is 14.9. The van der Waals surface area contributed by atoms with Crippen LogP contribution in [0, 0.1) is 11.3 Å². The Hall–Kier alpha value is -3.33. The molecule has 6 nitrogen and oxygen atoms in total. The Bertz CT molecular complexity index is 827. The van der Waals surface area contributed by atoms with Crippen molar-refractivity contribution in [3.05, 3.63) is 59.7 Å². The van der Waals surface area contributed by atoms with E-state index in [1.165, 1.54) is 11.8 Å². The predicted octanol–water partition coefficient (Wildman–Crippen LogP) is 2.28. The fourth-order valence-corrected chi connectivity index (χ4v) is 2.57. The van der Waals surface area contributed by atoms with Crippen LogP contribution in [0.5, 0.6) is 5.75 Å². The van der Waals surface area contributed by atoms with Gasteiger partial charge in [-0.3, -0.25) is 9.59 Å². The molecule has 2 aromatic rings. The summed E-state index contributed by atoms with van der Waals surface area (Å²) < 4.78 is 5.29. The molecule has 2 aromatic carbocycles. The lowest BCUT2D eigenvalue weighted by Gasteiger charge is -2.21. The van der Waals surface area contributed by atoms with Crippen LogP contribution in [0.15, 0.2) is 48.5 Å². The first-order valence-electron chi connectivity index (χ1n) is 8.22. The average Bonchev–Trinajstić information content (AvgIpc) is 2.66. The van der Waals surface area contributed by atoms with E-state index in [1.54, 1.807) is 31.4 Å². The maximum Gasteiger partial charge on any atom is 0.240 e. The van der Waals surface area contributed by atoms with Crippen molar-refractivity contribution in [1.82, 2.24) is 5.32 Å². The predicted molar refractivity (Wildman–Crippen MR) is 98.9 cm³/mol. The van der Waals surface area contributed by atoms with Gasteiger partial charge in [-0.2, -0.15) is 5.26 Å². The van der Waals surface area contributed by atoms with E-state index in [9.17, 15) is 9.59 Å². The van der Waals surface area contributed by atoms with Crippen molar-refractivity contribution in [3.8, 4) is 11.8 Å². The van der Waals surface area contributed by atoms with E-state index in [-0.39, 0.29) is 18.4 Å². The van der Waals surface area contributed by atoms with Crippen LogP contribution in [0.2, 0.25) is 0 Å². The van der Waals surface area contributed by atoms with Gasteiger partial charge in [0.25, 0.3) is 0 Å². The lowest BCUT2D eigenvalue weighted by atomic mass is 10.1. The standard InChI is InChI=1S/C20H21N3O3/c1-15(24)23(18-8-5-6-16(12-18)13-21)14-20(25)22-11-10-17-7-3-4-9-19(17)26-2/h3-9,12H,10-11,14H2,1-2H3,(H,22,25). The molecular formula is C20H21N3O3. The van der Waals surface area contributed by atoms with Crippen LogP contribution in [-0.4, -0.2) is 32.0 Å². The Morgan fingerprint density at radius 1 is 1.19 bits per heavy atom. The summed E-state index contributed by atoms with van der Waals surface area (Å²) in [5, 5.41) is 11.8. The highest BCUT2D eigenvalue weighted by Crippen LogP contribution is 2.18. The number of para-hydroxylation sites is 1. The second-order valence-electron chi connectivity index (χ2n) is 5.68. The largest absolute Gasteiger partial charge is 0.496 e. The zero-order valence-electron chi connectivity index (χ0n) is 14.9. The molecular weight excluding hydrogens is 330 g/mol. The van der Waals surface area contributed by atoms with Crippen molar-refractivity contribution >= 4 is 17.5 Å². The van der Waals surface area contributed by atoms with E-state index >= 15 is 0 Å². The Kier molecular flexibility index (Phi) is 6.75. The van der Waals surface area contributed by atoms with Crippen LogP contribution in [0.4, 0.5) is 5.69 Å². The molecule has 0 spiro atoms. The summed E-state index contributed by atoms with van der Waals surface area (Å²) in [6, 6.07) is 16.3. The van der Waals surface area contributed by atoms with Crippen LogP contribution in [0.25, 0.3) is 0 Å². The summed E-state index contributed by atoms with van der Waals surface area (Å²) in [5.41, 5.74) is 1.96. The number of rotatable bonds is 7. The number of carbonyl (C=O) groups excluding carboxylic acids is 2. The van der Waals surface area contributed by atoms with Gasteiger partial charge in [-0.25, -0.2) is 0 Å². The van der Waals surface area contributed by atoms with Crippen molar-refractivity contribution in [3.63, 3.8) is 0 Å². The number of ether oxygens (including phenoxy) is 1. The molecule has 134 valence electrons. The fraction of sp³-hybridized carbons (Fsp3) is 0.250. The van der Waals surface area contributed by atoms with Gasteiger partial charge in [-0.1, -0.05) is 24.3 Å². The summed E-state index contributed by atoms with van der Waals surface area (Å²) in [6.45, 7) is 1.72. The van der Waals surface area contributed by atoms with Crippen LogP contribution >= 0.6 is 0 Å². The molecule has 0 saturated heterocycles. The van der Waals surface area contributed by atoms with E-state index in [2.05, 4.69) is 5.32 Å². The SMILES string of the molecule is COc1ccccc1CCNC(=O)CN(C(C)=O)c1cccc(C#N)c1. The number of benzene rings is 2. The molecule has 26 heavy (non-hydrogen) atoms. The van der Waals surface area contributed by atoms with Gasteiger partial charge in [0, 0.05) is 19.2 Å². The van der Waals surface area contributed by atoms with Crippen LogP contribution in [0.3, 0.4) is 0 Å². The molecule has 1 N–H and O–H groups in total. The van der Waals surface area contributed by atoms with Gasteiger partial charge in [0.05, 0.1) is 18.7 Å². The summed E-state index contributed by atoms with van der Waals surface area (Å²) in [7, 11) is 1.61. The first kappa shape index (κ1) is 19.0. The first-order valence-corrected chi connectivity index (χ1v) is 8.22. The van der Waals surface area contributed by atoms with Crippen molar-refractivity contribution < 1.29 is 14.3 Å². The van der Waals surface area contributed by atoms with Gasteiger partial charge in [0.15, 0.2) is 0 Å². The number of amides is 2. The van der Waals surface area contributed by atoms with E-state index in [0.29, 0.717) is 24.2 Å². The number of anilines is 1. The highest BCUT2D eigenvalue weighted by atomic mass is 16.5. The van der Waals surface area contributed by atoms with Gasteiger partial charge in [-0.15, -0.1) is 0 Å². The van der Waals surface area contributed by atoms with Crippen LogP contribution in [-0.2, 0) is 16.0 Å². The minimum absolute atomic E-state index is 0.101. The molecule has 0 atom stereocenters. The number of nitriles is 1. The van der Waals surface area contributed by atoms with Gasteiger partial charge in [0.1, 0.15) is 12.3 Å². The Balaban J connectivity index is 1.96. The Morgan fingerprint density at radius 3 is 2.65 bits per heavy atom. The molecule has 0 fully saturated rings. The number of methoxy groups -OCH3 is 1. The van der Waals surface area contributed by atoms with Gasteiger partial charge in [-0.05, 0) is 36.2 Å². The van der Waals surface area contributed by atoms with E-state index < -0.39 is 0 Å². The molecule has 0 heterocycles. The minimum Gasteiger partial charge on any atom is -0.496 e. The topological polar surface area (TPSA) is 82.4 Å². The average molecular weight is 351 g/mol. The maximum atomic E-state index is 12.2. The minimum atomic E-state index is -0.266. The second kappa shape index (κ2) is 9.23. The zero-order chi connectivity index (χ0) is 18.9. The number of hydrogen-bond acceptors (Lipinski definition) is 4. The quantitative estimate of drug-likeness (QED) is 0.830. The third kappa shape index (κ3) is 5.08. The van der Waals surface area contributed by atoms with Crippen LogP contribution < -0.4 is 15.0 Å². The lowest BCUT2D eigenvalue weighted by Crippen LogP contribution is -2.40. The van der Waals surface area contributed by atoms with Crippen molar-refractivity contribution in [2.75, 3.05) is 25.1 Å². The van der Waals surface area contributed by atoms with E-state index in [0.717, 1.165) is 11.3 Å². The molecule has 0 aliphatic carbocycles. The molecule has 0 unspecified atom stereocenters. The van der Waals surface area contributed by atoms with E-state index in [1.807, 2.05) is 30.3 Å².